The summed E-state index contributed by atoms with van der Waals surface area (Å²) < 4.78 is 0. The summed E-state index contributed by atoms with van der Waals surface area (Å²) in [6.45, 7) is 0. The topological polar surface area (TPSA) is 0 Å². The first-order valence-corrected chi connectivity index (χ1v) is 11.8. The first-order valence-electron chi connectivity index (χ1n) is 11.8. The van der Waals surface area contributed by atoms with Crippen molar-refractivity contribution < 1.29 is 0 Å². The van der Waals surface area contributed by atoms with Gasteiger partial charge in [-0.1, -0.05) is 133 Å². The van der Waals surface area contributed by atoms with E-state index in [9.17, 15) is 0 Å². The molecule has 0 amide bonds. The van der Waals surface area contributed by atoms with Crippen LogP contribution in [-0.4, -0.2) is 0 Å². The average molecular weight is 431 g/mol. The van der Waals surface area contributed by atoms with Gasteiger partial charge in [0.25, 0.3) is 0 Å². The summed E-state index contributed by atoms with van der Waals surface area (Å²) >= 11 is 0. The fourth-order valence-electron chi connectivity index (χ4n) is 5.60. The highest BCUT2D eigenvalue weighted by Gasteiger charge is 2.22. The van der Waals surface area contributed by atoms with Gasteiger partial charge in [0.15, 0.2) is 0 Å². The van der Waals surface area contributed by atoms with Gasteiger partial charge in [-0.05, 0) is 65.7 Å². The predicted molar refractivity (Wildman–Crippen MR) is 146 cm³/mol. The smallest absolute Gasteiger partial charge is 0.00139 e. The van der Waals surface area contributed by atoms with Crippen molar-refractivity contribution in [3.63, 3.8) is 0 Å². The van der Waals surface area contributed by atoms with Crippen LogP contribution in [0.15, 0.2) is 133 Å². The summed E-state index contributed by atoms with van der Waals surface area (Å²) in [5.41, 5.74) is 7.63. The molecule has 7 aromatic rings. The lowest BCUT2D eigenvalue weighted by Gasteiger charge is -2.23. The standard InChI is InChI=1S/C34H22/c1-4-11-23(12-5-1)31-28-21-19-26-17-10-18-27-20-22-29(34(28)30(26)27)32(24-13-6-2-7-14-24)33(31)25-15-8-3-9-16-25/h1-22H. The van der Waals surface area contributed by atoms with Crippen molar-refractivity contribution in [2.75, 3.05) is 0 Å². The Bertz CT molecular complexity index is 1660. The maximum absolute atomic E-state index is 2.33. The van der Waals surface area contributed by atoms with Gasteiger partial charge in [-0.25, -0.2) is 0 Å². The molecule has 0 nitrogen and oxygen atoms in total. The molecular formula is C34H22. The molecule has 0 aliphatic heterocycles. The Morgan fingerprint density at radius 1 is 0.265 bits per heavy atom. The molecule has 0 heterocycles. The minimum atomic E-state index is 1.24. The van der Waals surface area contributed by atoms with E-state index in [1.54, 1.807) is 0 Å². The Kier molecular flexibility index (Phi) is 4.25. The highest BCUT2D eigenvalue weighted by Crippen LogP contribution is 2.50. The second-order valence-electron chi connectivity index (χ2n) is 8.90. The summed E-state index contributed by atoms with van der Waals surface area (Å²) in [5, 5.41) is 7.91. The van der Waals surface area contributed by atoms with E-state index in [2.05, 4.69) is 133 Å². The summed E-state index contributed by atoms with van der Waals surface area (Å²) in [4.78, 5) is 0. The maximum Gasteiger partial charge on any atom is -0.00139 e. The van der Waals surface area contributed by atoms with Crippen molar-refractivity contribution in [2.45, 2.75) is 0 Å². The van der Waals surface area contributed by atoms with E-state index in [-0.39, 0.29) is 0 Å². The van der Waals surface area contributed by atoms with Crippen LogP contribution in [0.1, 0.15) is 0 Å². The molecule has 0 atom stereocenters. The lowest BCUT2D eigenvalue weighted by molar-refractivity contribution is 1.60. The molecule has 7 rings (SSSR count). The molecule has 0 spiro atoms. The van der Waals surface area contributed by atoms with Gasteiger partial charge < -0.3 is 0 Å². The van der Waals surface area contributed by atoms with Crippen LogP contribution in [-0.2, 0) is 0 Å². The minimum Gasteiger partial charge on any atom is -0.0622 e. The Labute approximate surface area is 199 Å². The Balaban J connectivity index is 1.80. The Morgan fingerprint density at radius 3 is 1.12 bits per heavy atom. The van der Waals surface area contributed by atoms with Gasteiger partial charge in [-0.3, -0.25) is 0 Å². The molecule has 158 valence electrons. The van der Waals surface area contributed by atoms with Crippen LogP contribution in [0, 0.1) is 0 Å². The molecule has 0 saturated carbocycles. The number of rotatable bonds is 3. The molecule has 0 unspecified atom stereocenters. The van der Waals surface area contributed by atoms with Crippen LogP contribution in [0.5, 0.6) is 0 Å². The number of benzene rings is 7. The SMILES string of the molecule is c1ccc(-c2c(-c3ccccc3)c3ccc4cccc5ccc(c2-c2ccccc2)c3c45)cc1. The first kappa shape index (κ1) is 19.1. The van der Waals surface area contributed by atoms with Crippen LogP contribution in [0.3, 0.4) is 0 Å². The summed E-state index contributed by atoms with van der Waals surface area (Å²) in [5.74, 6) is 0. The molecule has 0 aliphatic rings. The van der Waals surface area contributed by atoms with Crippen molar-refractivity contribution in [1.82, 2.24) is 0 Å². The molecular weight excluding hydrogens is 408 g/mol. The van der Waals surface area contributed by atoms with Crippen molar-refractivity contribution in [1.29, 1.82) is 0 Å². The fourth-order valence-corrected chi connectivity index (χ4v) is 5.60. The van der Waals surface area contributed by atoms with E-state index in [0.717, 1.165) is 0 Å². The molecule has 7 aromatic carbocycles. The number of hydrogen-bond acceptors (Lipinski definition) is 0. The highest BCUT2D eigenvalue weighted by molar-refractivity contribution is 6.31. The first-order chi connectivity index (χ1) is 16.9. The van der Waals surface area contributed by atoms with Crippen molar-refractivity contribution in [3.05, 3.63) is 133 Å². The summed E-state index contributed by atoms with van der Waals surface area (Å²) in [6.07, 6.45) is 0. The van der Waals surface area contributed by atoms with Crippen molar-refractivity contribution in [3.8, 4) is 33.4 Å². The number of hydrogen-bond donors (Lipinski definition) is 0. The van der Waals surface area contributed by atoms with E-state index in [0.29, 0.717) is 0 Å². The van der Waals surface area contributed by atoms with Gasteiger partial charge in [0.2, 0.25) is 0 Å². The van der Waals surface area contributed by atoms with Crippen LogP contribution < -0.4 is 0 Å². The van der Waals surface area contributed by atoms with E-state index >= 15 is 0 Å². The van der Waals surface area contributed by atoms with Crippen molar-refractivity contribution in [2.24, 2.45) is 0 Å². The molecule has 0 bridgehead atoms. The van der Waals surface area contributed by atoms with Crippen LogP contribution in [0.4, 0.5) is 0 Å². The van der Waals surface area contributed by atoms with Gasteiger partial charge in [-0.15, -0.1) is 0 Å². The third-order valence-electron chi connectivity index (χ3n) is 7.00. The lowest BCUT2D eigenvalue weighted by atomic mass is 9.79. The second-order valence-corrected chi connectivity index (χ2v) is 8.90. The molecule has 0 radical (unpaired) electrons. The average Bonchev–Trinajstić information content (AvgIpc) is 2.92. The van der Waals surface area contributed by atoms with Crippen molar-refractivity contribution >= 4 is 32.3 Å². The largest absolute Gasteiger partial charge is 0.0622 e. The molecule has 0 aliphatic carbocycles. The highest BCUT2D eigenvalue weighted by atomic mass is 14.2. The Morgan fingerprint density at radius 2 is 0.676 bits per heavy atom. The molecule has 0 fully saturated rings. The van der Waals surface area contributed by atoms with E-state index in [1.165, 1.54) is 65.7 Å². The maximum atomic E-state index is 2.33. The quantitative estimate of drug-likeness (QED) is 0.245. The molecule has 0 heteroatoms. The fraction of sp³-hybridized carbons (Fsp3) is 0. The lowest BCUT2D eigenvalue weighted by Crippen LogP contribution is -1.96. The van der Waals surface area contributed by atoms with E-state index in [1.807, 2.05) is 0 Å². The summed E-state index contributed by atoms with van der Waals surface area (Å²) in [6, 6.07) is 48.5. The van der Waals surface area contributed by atoms with Gasteiger partial charge in [0.1, 0.15) is 0 Å². The van der Waals surface area contributed by atoms with E-state index < -0.39 is 0 Å². The molecule has 0 N–H and O–H groups in total. The minimum absolute atomic E-state index is 1.24. The van der Waals surface area contributed by atoms with Crippen LogP contribution in [0.25, 0.3) is 65.7 Å². The van der Waals surface area contributed by atoms with Gasteiger partial charge in [0, 0.05) is 0 Å². The monoisotopic (exact) mass is 430 g/mol. The predicted octanol–water partition coefficient (Wildman–Crippen LogP) is 9.58. The van der Waals surface area contributed by atoms with Gasteiger partial charge in [0.05, 0.1) is 0 Å². The Hall–Kier alpha value is -4.42. The van der Waals surface area contributed by atoms with Gasteiger partial charge in [-0.2, -0.15) is 0 Å². The third-order valence-corrected chi connectivity index (χ3v) is 7.00. The third kappa shape index (κ3) is 2.79. The van der Waals surface area contributed by atoms with Crippen LogP contribution in [0.2, 0.25) is 0 Å². The van der Waals surface area contributed by atoms with E-state index in [4.69, 9.17) is 0 Å². The second kappa shape index (κ2) is 7.57. The molecule has 34 heavy (non-hydrogen) atoms. The molecule has 0 saturated heterocycles. The van der Waals surface area contributed by atoms with Gasteiger partial charge >= 0.3 is 0 Å². The van der Waals surface area contributed by atoms with Crippen LogP contribution >= 0.6 is 0 Å². The molecule has 0 aromatic heterocycles. The summed E-state index contributed by atoms with van der Waals surface area (Å²) in [7, 11) is 0. The zero-order chi connectivity index (χ0) is 22.5. The zero-order valence-corrected chi connectivity index (χ0v) is 18.7. The zero-order valence-electron chi connectivity index (χ0n) is 18.7. The normalized spacial score (nSPS) is 11.5.